The van der Waals surface area contributed by atoms with Crippen LogP contribution in [0, 0.1) is 18.6 Å². The van der Waals surface area contributed by atoms with Crippen molar-refractivity contribution in [3.8, 4) is 5.88 Å². The fourth-order valence-electron chi connectivity index (χ4n) is 3.27. The van der Waals surface area contributed by atoms with Crippen molar-refractivity contribution in [3.05, 3.63) is 111 Å². The van der Waals surface area contributed by atoms with Crippen LogP contribution in [0.5, 0.6) is 5.88 Å². The Morgan fingerprint density at radius 1 is 1.03 bits per heavy atom. The first-order valence-electron chi connectivity index (χ1n) is 10.1. The van der Waals surface area contributed by atoms with Crippen LogP contribution in [-0.4, -0.2) is 15.7 Å². The number of nitrogens with one attached hydrogen (secondary N) is 1. The lowest BCUT2D eigenvalue weighted by atomic mass is 10.2. The zero-order valence-corrected chi connectivity index (χ0v) is 19.3. The lowest BCUT2D eigenvalue weighted by molar-refractivity contribution is 0.102. The highest BCUT2D eigenvalue weighted by Gasteiger charge is 2.19. The van der Waals surface area contributed by atoms with Gasteiger partial charge in [0, 0.05) is 16.4 Å². The van der Waals surface area contributed by atoms with Crippen molar-refractivity contribution in [1.29, 1.82) is 0 Å². The van der Waals surface area contributed by atoms with Crippen LogP contribution in [0.15, 0.2) is 77.4 Å². The molecule has 4 aromatic rings. The van der Waals surface area contributed by atoms with Gasteiger partial charge in [0.15, 0.2) is 0 Å². The second-order valence-corrected chi connectivity index (χ2v) is 8.37. The molecule has 8 heteroatoms. The molecule has 1 heterocycles. The Morgan fingerprint density at radius 2 is 1.73 bits per heavy atom. The van der Waals surface area contributed by atoms with Crippen LogP contribution in [0.2, 0.25) is 0 Å². The number of hydrogen-bond acceptors (Lipinski definition) is 3. The summed E-state index contributed by atoms with van der Waals surface area (Å²) in [6.45, 7) is 2.20. The van der Waals surface area contributed by atoms with Gasteiger partial charge in [0.05, 0.1) is 6.54 Å². The smallest absolute Gasteiger partial charge is 0.262 e. The molecule has 0 bridgehead atoms. The molecule has 0 spiro atoms. The van der Waals surface area contributed by atoms with E-state index in [9.17, 15) is 13.6 Å². The van der Waals surface area contributed by atoms with Gasteiger partial charge < -0.3 is 10.1 Å². The second-order valence-electron chi connectivity index (χ2n) is 7.51. The van der Waals surface area contributed by atoms with E-state index >= 15 is 0 Å². The highest BCUT2D eigenvalue weighted by atomic mass is 79.9. The first kappa shape index (κ1) is 22.7. The average Bonchev–Trinajstić information content (AvgIpc) is 3.18. The molecule has 4 rings (SSSR count). The van der Waals surface area contributed by atoms with Gasteiger partial charge in [-0.2, -0.15) is 0 Å². The van der Waals surface area contributed by atoms with Crippen molar-refractivity contribution in [2.75, 3.05) is 5.32 Å². The first-order valence-corrected chi connectivity index (χ1v) is 10.9. The molecule has 0 aliphatic heterocycles. The number of nitrogens with zero attached hydrogens (tertiary/aromatic N) is 2. The van der Waals surface area contributed by atoms with Crippen molar-refractivity contribution in [2.24, 2.45) is 0 Å². The summed E-state index contributed by atoms with van der Waals surface area (Å²) < 4.78 is 35.3. The Kier molecular flexibility index (Phi) is 6.84. The zero-order chi connectivity index (χ0) is 23.4. The van der Waals surface area contributed by atoms with Crippen molar-refractivity contribution in [3.63, 3.8) is 0 Å². The lowest BCUT2D eigenvalue weighted by Crippen LogP contribution is -2.13. The van der Waals surface area contributed by atoms with Crippen molar-refractivity contribution in [2.45, 2.75) is 20.1 Å². The van der Waals surface area contributed by atoms with Gasteiger partial charge in [-0.15, -0.1) is 5.10 Å². The van der Waals surface area contributed by atoms with E-state index in [-0.39, 0.29) is 36.2 Å². The van der Waals surface area contributed by atoms with Gasteiger partial charge in [0.1, 0.15) is 23.8 Å². The van der Waals surface area contributed by atoms with Gasteiger partial charge in [0.2, 0.25) is 5.88 Å². The van der Waals surface area contributed by atoms with Crippen molar-refractivity contribution in [1.82, 2.24) is 9.78 Å². The molecule has 168 valence electrons. The Bertz CT molecular complexity index is 1310. The third-order valence-corrected chi connectivity index (χ3v) is 5.78. The molecule has 1 N–H and O–H groups in total. The molecule has 0 unspecified atom stereocenters. The molecule has 0 aliphatic rings. The number of benzene rings is 3. The van der Waals surface area contributed by atoms with Crippen LogP contribution in [0.4, 0.5) is 14.5 Å². The monoisotopic (exact) mass is 511 g/mol. The van der Waals surface area contributed by atoms with Crippen LogP contribution < -0.4 is 10.1 Å². The fraction of sp³-hybridized carbons (Fsp3) is 0.120. The van der Waals surface area contributed by atoms with Gasteiger partial charge in [-0.25, -0.2) is 8.78 Å². The van der Waals surface area contributed by atoms with Crippen LogP contribution in [0.3, 0.4) is 0 Å². The number of carbonyl (C=O) groups excluding carboxylic acids is 1. The van der Waals surface area contributed by atoms with E-state index < -0.39 is 5.91 Å². The van der Waals surface area contributed by atoms with Gasteiger partial charge in [-0.3, -0.25) is 9.48 Å². The maximum Gasteiger partial charge on any atom is 0.262 e. The summed E-state index contributed by atoms with van der Waals surface area (Å²) >= 11 is 3.44. The van der Waals surface area contributed by atoms with Crippen molar-refractivity contribution >= 4 is 27.5 Å². The van der Waals surface area contributed by atoms with Crippen LogP contribution in [0.1, 0.15) is 27.0 Å². The maximum absolute atomic E-state index is 13.6. The molecule has 0 aliphatic carbocycles. The van der Waals surface area contributed by atoms with E-state index in [0.29, 0.717) is 16.8 Å². The summed E-state index contributed by atoms with van der Waals surface area (Å²) in [4.78, 5) is 13.0. The van der Waals surface area contributed by atoms with Crippen LogP contribution in [-0.2, 0) is 13.2 Å². The number of ether oxygens (including phenoxy) is 1. The molecule has 3 aromatic carbocycles. The zero-order valence-electron chi connectivity index (χ0n) is 17.7. The van der Waals surface area contributed by atoms with E-state index in [0.717, 1.165) is 10.0 Å². The standard InChI is InChI=1S/C25H20BrF2N3O2/c1-16-10-21(8-9-23(16)26)29-24(32)22-14-31(13-17-4-2-6-19(27)11-17)30-25(22)33-15-18-5-3-7-20(28)12-18/h2-12,14H,13,15H2,1H3,(H,29,32). The minimum absolute atomic E-state index is 0.0341. The predicted molar refractivity (Wildman–Crippen MR) is 125 cm³/mol. The SMILES string of the molecule is Cc1cc(NC(=O)c2cn(Cc3cccc(F)c3)nc2OCc2cccc(F)c2)ccc1Br. The van der Waals surface area contributed by atoms with Crippen LogP contribution >= 0.6 is 15.9 Å². The Morgan fingerprint density at radius 3 is 2.42 bits per heavy atom. The van der Waals surface area contributed by atoms with E-state index in [2.05, 4.69) is 26.3 Å². The van der Waals surface area contributed by atoms with E-state index in [1.165, 1.54) is 28.9 Å². The first-order chi connectivity index (χ1) is 15.9. The average molecular weight is 512 g/mol. The number of amides is 1. The summed E-state index contributed by atoms with van der Waals surface area (Å²) in [5, 5.41) is 7.22. The molecule has 33 heavy (non-hydrogen) atoms. The minimum atomic E-state index is -0.406. The predicted octanol–water partition coefficient (Wildman–Crippen LogP) is 6.11. The largest absolute Gasteiger partial charge is 0.471 e. The van der Waals surface area contributed by atoms with E-state index in [4.69, 9.17) is 4.74 Å². The molecular formula is C25H20BrF2N3O2. The lowest BCUT2D eigenvalue weighted by Gasteiger charge is -2.08. The summed E-state index contributed by atoms with van der Waals surface area (Å²) in [7, 11) is 0. The fourth-order valence-corrected chi connectivity index (χ4v) is 3.52. The van der Waals surface area contributed by atoms with E-state index in [1.54, 1.807) is 36.5 Å². The number of aryl methyl sites for hydroxylation is 1. The van der Waals surface area contributed by atoms with Gasteiger partial charge >= 0.3 is 0 Å². The topological polar surface area (TPSA) is 56.2 Å². The molecule has 1 aromatic heterocycles. The highest BCUT2D eigenvalue weighted by molar-refractivity contribution is 9.10. The third-order valence-electron chi connectivity index (χ3n) is 4.89. The summed E-state index contributed by atoms with van der Waals surface area (Å²) in [5.41, 5.74) is 3.09. The Labute approximate surface area is 198 Å². The van der Waals surface area contributed by atoms with Crippen LogP contribution in [0.25, 0.3) is 0 Å². The molecule has 5 nitrogen and oxygen atoms in total. The van der Waals surface area contributed by atoms with Gasteiger partial charge in [-0.1, -0.05) is 40.2 Å². The number of anilines is 1. The third kappa shape index (κ3) is 5.84. The van der Waals surface area contributed by atoms with E-state index in [1.807, 2.05) is 19.1 Å². The van der Waals surface area contributed by atoms with Gasteiger partial charge in [-0.05, 0) is 66.1 Å². The number of rotatable bonds is 7. The molecule has 0 fully saturated rings. The quantitative estimate of drug-likeness (QED) is 0.325. The molecule has 0 saturated heterocycles. The normalized spacial score (nSPS) is 10.8. The van der Waals surface area contributed by atoms with Crippen molar-refractivity contribution < 1.29 is 18.3 Å². The number of hydrogen-bond donors (Lipinski definition) is 1. The molecule has 0 atom stereocenters. The number of halogens is 3. The second kappa shape index (κ2) is 9.95. The summed E-state index contributed by atoms with van der Waals surface area (Å²) in [6, 6.07) is 17.6. The Hall–Kier alpha value is -3.52. The highest BCUT2D eigenvalue weighted by Crippen LogP contribution is 2.23. The number of carbonyl (C=O) groups is 1. The molecular weight excluding hydrogens is 492 g/mol. The molecule has 0 saturated carbocycles. The molecule has 1 amide bonds. The molecule has 0 radical (unpaired) electrons. The minimum Gasteiger partial charge on any atom is -0.471 e. The summed E-state index contributed by atoms with van der Waals surface area (Å²) in [6.07, 6.45) is 1.55. The number of aromatic nitrogens is 2. The van der Waals surface area contributed by atoms with Gasteiger partial charge in [0.25, 0.3) is 5.91 Å². The maximum atomic E-state index is 13.6. The summed E-state index contributed by atoms with van der Waals surface area (Å²) in [5.74, 6) is -1.04. The Balaban J connectivity index is 1.59.